The van der Waals surface area contributed by atoms with Gasteiger partial charge in [-0.3, -0.25) is 25.2 Å². The number of hydrogen-bond acceptors (Lipinski definition) is 6. The minimum absolute atomic E-state index is 0.0531. The number of amides is 3. The molecule has 2 aromatic rings. The molecular weight excluding hydrogens is 440 g/mol. The molecule has 0 aliphatic carbocycles. The SMILES string of the molecule is CC(=O)NNC(=O)c1ccsc1NC(=O)c1ccc(S(=O)(=O)N2CCCCC2C)cc1. The number of carbonyl (C=O) groups is 3. The van der Waals surface area contributed by atoms with Crippen LogP contribution in [0.4, 0.5) is 5.00 Å². The number of thiophene rings is 1. The summed E-state index contributed by atoms with van der Waals surface area (Å²) < 4.78 is 27.3. The van der Waals surface area contributed by atoms with E-state index < -0.39 is 27.7 Å². The molecular formula is C20H24N4O5S2. The Morgan fingerprint density at radius 3 is 2.39 bits per heavy atom. The molecule has 1 saturated heterocycles. The highest BCUT2D eigenvalue weighted by atomic mass is 32.2. The fourth-order valence-corrected chi connectivity index (χ4v) is 5.79. The first-order chi connectivity index (χ1) is 14.7. The maximum absolute atomic E-state index is 12.9. The van der Waals surface area contributed by atoms with Crippen molar-refractivity contribution in [1.29, 1.82) is 0 Å². The van der Waals surface area contributed by atoms with Gasteiger partial charge in [0.15, 0.2) is 0 Å². The third-order valence-corrected chi connectivity index (χ3v) is 7.81. The second kappa shape index (κ2) is 9.58. The minimum atomic E-state index is -3.62. The Bertz CT molecular complexity index is 1080. The van der Waals surface area contributed by atoms with Gasteiger partial charge >= 0.3 is 0 Å². The number of hydrogen-bond donors (Lipinski definition) is 3. The van der Waals surface area contributed by atoms with E-state index in [1.54, 1.807) is 5.38 Å². The monoisotopic (exact) mass is 464 g/mol. The molecule has 0 spiro atoms. The van der Waals surface area contributed by atoms with Gasteiger partial charge < -0.3 is 5.32 Å². The number of rotatable bonds is 5. The van der Waals surface area contributed by atoms with E-state index in [9.17, 15) is 22.8 Å². The van der Waals surface area contributed by atoms with Crippen LogP contribution in [0.25, 0.3) is 0 Å². The summed E-state index contributed by atoms with van der Waals surface area (Å²) in [6.45, 7) is 3.65. The van der Waals surface area contributed by atoms with E-state index in [0.29, 0.717) is 11.5 Å². The van der Waals surface area contributed by atoms with Gasteiger partial charge in [0.25, 0.3) is 11.8 Å². The van der Waals surface area contributed by atoms with Gasteiger partial charge in [-0.25, -0.2) is 8.42 Å². The molecule has 1 fully saturated rings. The van der Waals surface area contributed by atoms with Crippen LogP contribution in [0.15, 0.2) is 40.6 Å². The highest BCUT2D eigenvalue weighted by molar-refractivity contribution is 7.89. The fraction of sp³-hybridized carbons (Fsp3) is 0.350. The molecule has 1 atom stereocenters. The molecule has 3 rings (SSSR count). The lowest BCUT2D eigenvalue weighted by Crippen LogP contribution is -2.41. The number of anilines is 1. The van der Waals surface area contributed by atoms with Crippen molar-refractivity contribution in [2.24, 2.45) is 0 Å². The highest BCUT2D eigenvalue weighted by Gasteiger charge is 2.31. The standard InChI is InChI=1S/C20H24N4O5S2/c1-13-5-3-4-11-24(13)31(28,29)16-8-6-15(7-9-16)18(26)21-20-17(10-12-30-20)19(27)23-22-14(2)25/h6-10,12-13H,3-5,11H2,1-2H3,(H,21,26)(H,22,25)(H,23,27). The van der Waals surface area contributed by atoms with Crippen molar-refractivity contribution in [1.82, 2.24) is 15.2 Å². The summed E-state index contributed by atoms with van der Waals surface area (Å²) in [5, 5.41) is 4.59. The molecule has 1 aliphatic heterocycles. The number of piperidine rings is 1. The predicted octanol–water partition coefficient (Wildman–Crippen LogP) is 2.34. The molecule has 11 heteroatoms. The van der Waals surface area contributed by atoms with Gasteiger partial charge in [-0.15, -0.1) is 11.3 Å². The smallest absolute Gasteiger partial charge is 0.272 e. The third kappa shape index (κ3) is 5.30. The summed E-state index contributed by atoms with van der Waals surface area (Å²) >= 11 is 1.15. The number of nitrogens with zero attached hydrogens (tertiary/aromatic N) is 1. The van der Waals surface area contributed by atoms with Crippen molar-refractivity contribution in [3.8, 4) is 0 Å². The van der Waals surface area contributed by atoms with Crippen molar-refractivity contribution >= 4 is 44.1 Å². The molecule has 0 bridgehead atoms. The fourth-order valence-electron chi connectivity index (χ4n) is 3.31. The van der Waals surface area contributed by atoms with Gasteiger partial charge in [-0.05, 0) is 55.5 Å². The van der Waals surface area contributed by atoms with Crippen LogP contribution in [-0.4, -0.2) is 43.0 Å². The average Bonchev–Trinajstić information content (AvgIpc) is 3.20. The maximum atomic E-state index is 12.9. The van der Waals surface area contributed by atoms with Crippen LogP contribution < -0.4 is 16.2 Å². The Balaban J connectivity index is 1.71. The second-order valence-corrected chi connectivity index (χ2v) is 10.0. The lowest BCUT2D eigenvalue weighted by atomic mass is 10.1. The van der Waals surface area contributed by atoms with Crippen LogP contribution in [0.1, 0.15) is 53.8 Å². The van der Waals surface area contributed by atoms with E-state index in [4.69, 9.17) is 0 Å². The van der Waals surface area contributed by atoms with E-state index in [-0.39, 0.29) is 22.1 Å². The zero-order valence-electron chi connectivity index (χ0n) is 17.2. The van der Waals surface area contributed by atoms with E-state index in [1.807, 2.05) is 6.92 Å². The third-order valence-electron chi connectivity index (χ3n) is 4.95. The van der Waals surface area contributed by atoms with Gasteiger partial charge in [0, 0.05) is 25.1 Å². The minimum Gasteiger partial charge on any atom is -0.313 e. The first-order valence-electron chi connectivity index (χ1n) is 9.78. The van der Waals surface area contributed by atoms with E-state index in [1.165, 1.54) is 41.6 Å². The molecule has 166 valence electrons. The Kier molecular flexibility index (Phi) is 7.08. The van der Waals surface area contributed by atoms with E-state index in [0.717, 1.165) is 30.6 Å². The van der Waals surface area contributed by atoms with E-state index in [2.05, 4.69) is 16.2 Å². The Hall–Kier alpha value is -2.76. The molecule has 1 aliphatic rings. The summed E-state index contributed by atoms with van der Waals surface area (Å²) in [6.07, 6.45) is 2.68. The topological polar surface area (TPSA) is 125 Å². The lowest BCUT2D eigenvalue weighted by molar-refractivity contribution is -0.119. The molecule has 31 heavy (non-hydrogen) atoms. The second-order valence-electron chi connectivity index (χ2n) is 7.24. The van der Waals surface area contributed by atoms with Crippen molar-refractivity contribution in [2.75, 3.05) is 11.9 Å². The van der Waals surface area contributed by atoms with Crippen LogP contribution >= 0.6 is 11.3 Å². The molecule has 0 saturated carbocycles. The predicted molar refractivity (Wildman–Crippen MR) is 117 cm³/mol. The molecule has 9 nitrogen and oxygen atoms in total. The molecule has 3 N–H and O–H groups in total. The van der Waals surface area contributed by atoms with Gasteiger partial charge in [0.1, 0.15) is 5.00 Å². The van der Waals surface area contributed by atoms with Crippen molar-refractivity contribution in [3.05, 3.63) is 46.8 Å². The van der Waals surface area contributed by atoms with Crippen LogP contribution in [0.5, 0.6) is 0 Å². The highest BCUT2D eigenvalue weighted by Crippen LogP contribution is 2.26. The number of nitrogens with one attached hydrogen (secondary N) is 3. The molecule has 1 aromatic heterocycles. The van der Waals surface area contributed by atoms with Crippen LogP contribution in [0.2, 0.25) is 0 Å². The van der Waals surface area contributed by atoms with Crippen LogP contribution in [0, 0.1) is 0 Å². The Labute approximate surface area is 184 Å². The van der Waals surface area contributed by atoms with Crippen LogP contribution in [-0.2, 0) is 14.8 Å². The summed E-state index contributed by atoms with van der Waals surface area (Å²) in [6, 6.07) is 7.20. The van der Waals surface area contributed by atoms with Crippen LogP contribution in [0.3, 0.4) is 0 Å². The number of benzene rings is 1. The molecule has 1 aromatic carbocycles. The summed E-state index contributed by atoms with van der Waals surface area (Å²) in [7, 11) is -3.62. The quantitative estimate of drug-likeness (QED) is 0.586. The average molecular weight is 465 g/mol. The van der Waals surface area contributed by atoms with Crippen molar-refractivity contribution in [2.45, 2.75) is 44.0 Å². The lowest BCUT2D eigenvalue weighted by Gasteiger charge is -2.32. The zero-order valence-corrected chi connectivity index (χ0v) is 18.8. The molecule has 3 amide bonds. The first kappa shape index (κ1) is 22.9. The van der Waals surface area contributed by atoms with E-state index >= 15 is 0 Å². The van der Waals surface area contributed by atoms with Gasteiger partial charge in [0.2, 0.25) is 15.9 Å². The number of hydrazine groups is 1. The summed E-state index contributed by atoms with van der Waals surface area (Å²) in [5.74, 6) is -1.47. The normalized spacial score (nSPS) is 17.0. The summed E-state index contributed by atoms with van der Waals surface area (Å²) in [4.78, 5) is 35.8. The molecule has 2 heterocycles. The van der Waals surface area contributed by atoms with Gasteiger partial charge in [0.05, 0.1) is 10.5 Å². The molecule has 0 radical (unpaired) electrons. The number of carbonyl (C=O) groups excluding carboxylic acids is 3. The van der Waals surface area contributed by atoms with Gasteiger partial charge in [-0.2, -0.15) is 4.31 Å². The maximum Gasteiger partial charge on any atom is 0.272 e. The van der Waals surface area contributed by atoms with Gasteiger partial charge in [-0.1, -0.05) is 6.42 Å². The molecule has 1 unspecified atom stereocenters. The van der Waals surface area contributed by atoms with Crippen molar-refractivity contribution < 1.29 is 22.8 Å². The summed E-state index contributed by atoms with van der Waals surface area (Å²) in [5.41, 5.74) is 4.89. The Morgan fingerprint density at radius 1 is 1.03 bits per heavy atom. The first-order valence-corrected chi connectivity index (χ1v) is 12.1. The number of sulfonamides is 1. The zero-order chi connectivity index (χ0) is 22.6. The Morgan fingerprint density at radius 2 is 1.74 bits per heavy atom. The largest absolute Gasteiger partial charge is 0.313 e. The van der Waals surface area contributed by atoms with Crippen molar-refractivity contribution in [3.63, 3.8) is 0 Å².